The highest BCUT2D eigenvalue weighted by molar-refractivity contribution is 6.03. The van der Waals surface area contributed by atoms with E-state index in [1.54, 1.807) is 13.3 Å². The Hall–Kier alpha value is -1.97. The maximum absolute atomic E-state index is 11.9. The Morgan fingerprint density at radius 1 is 1.35 bits per heavy atom. The fraction of sp³-hybridized carbons (Fsp3) is 0.308. The van der Waals surface area contributed by atoms with Gasteiger partial charge in [-0.1, -0.05) is 0 Å². The number of ether oxygens (including phenoxy) is 1. The summed E-state index contributed by atoms with van der Waals surface area (Å²) in [5.41, 5.74) is 1.58. The van der Waals surface area contributed by atoms with E-state index in [0.29, 0.717) is 0 Å². The van der Waals surface area contributed by atoms with Gasteiger partial charge in [0.1, 0.15) is 5.75 Å². The first kappa shape index (κ1) is 11.5. The fourth-order valence-electron chi connectivity index (χ4n) is 1.71. The summed E-state index contributed by atoms with van der Waals surface area (Å²) in [7, 11) is 1.62. The number of nitrogens with one attached hydrogen (secondary N) is 2. The molecule has 1 aliphatic rings. The molecule has 1 heterocycles. The summed E-state index contributed by atoms with van der Waals surface area (Å²) in [6.07, 6.45) is 3.62. The normalized spacial score (nSPS) is 14.5. The summed E-state index contributed by atoms with van der Waals surface area (Å²) in [5, 5.41) is 5.94. The van der Waals surface area contributed by atoms with Crippen molar-refractivity contribution in [1.82, 2.24) is 5.32 Å². The van der Waals surface area contributed by atoms with Gasteiger partial charge in [-0.2, -0.15) is 0 Å². The molecule has 0 radical (unpaired) electrons. The quantitative estimate of drug-likeness (QED) is 0.836. The van der Waals surface area contributed by atoms with Crippen molar-refractivity contribution in [1.29, 1.82) is 0 Å². The predicted molar refractivity (Wildman–Crippen MR) is 66.9 cm³/mol. The van der Waals surface area contributed by atoms with Crippen molar-refractivity contribution in [3.63, 3.8) is 0 Å². The van der Waals surface area contributed by atoms with Gasteiger partial charge in [0, 0.05) is 24.0 Å². The third-order valence-corrected chi connectivity index (χ3v) is 2.68. The van der Waals surface area contributed by atoms with Crippen LogP contribution in [0.1, 0.15) is 12.8 Å². The number of hydrogen-bond acceptors (Lipinski definition) is 3. The van der Waals surface area contributed by atoms with Crippen molar-refractivity contribution in [2.75, 3.05) is 19.0 Å². The summed E-state index contributed by atoms with van der Waals surface area (Å²) in [4.78, 5) is 11.9. The smallest absolute Gasteiger partial charge is 0.253 e. The van der Waals surface area contributed by atoms with E-state index in [2.05, 4.69) is 10.6 Å². The zero-order valence-electron chi connectivity index (χ0n) is 9.82. The van der Waals surface area contributed by atoms with Crippen LogP contribution in [0.3, 0.4) is 0 Å². The Kier molecular flexibility index (Phi) is 3.65. The van der Waals surface area contributed by atoms with E-state index in [-0.39, 0.29) is 5.91 Å². The number of rotatable bonds is 3. The summed E-state index contributed by atoms with van der Waals surface area (Å²) in [5.74, 6) is 0.740. The van der Waals surface area contributed by atoms with E-state index in [0.717, 1.165) is 36.4 Å². The lowest BCUT2D eigenvalue weighted by molar-refractivity contribution is -0.113. The van der Waals surface area contributed by atoms with Gasteiger partial charge in [0.2, 0.25) is 0 Å². The number of methoxy groups -OCH3 is 1. The lowest BCUT2D eigenvalue weighted by atomic mass is 10.1. The average Bonchev–Trinajstić information content (AvgIpc) is 2.40. The molecule has 17 heavy (non-hydrogen) atoms. The Labute approximate surface area is 101 Å². The van der Waals surface area contributed by atoms with Crippen LogP contribution >= 0.6 is 0 Å². The number of carbonyl (C=O) groups is 1. The van der Waals surface area contributed by atoms with Crippen LogP contribution in [0.25, 0.3) is 0 Å². The predicted octanol–water partition coefficient (Wildman–Crippen LogP) is 1.90. The molecule has 4 nitrogen and oxygen atoms in total. The molecule has 0 aromatic heterocycles. The van der Waals surface area contributed by atoms with Gasteiger partial charge in [-0.3, -0.25) is 4.79 Å². The molecule has 0 unspecified atom stereocenters. The molecule has 90 valence electrons. The molecular weight excluding hydrogens is 216 g/mol. The van der Waals surface area contributed by atoms with Gasteiger partial charge < -0.3 is 15.4 Å². The molecule has 0 bridgehead atoms. The molecule has 1 aromatic carbocycles. The maximum atomic E-state index is 11.9. The van der Waals surface area contributed by atoms with E-state index in [9.17, 15) is 4.79 Å². The van der Waals surface area contributed by atoms with Crippen LogP contribution in [0, 0.1) is 0 Å². The van der Waals surface area contributed by atoms with Gasteiger partial charge in [-0.15, -0.1) is 0 Å². The number of anilines is 1. The molecule has 1 aliphatic heterocycles. The SMILES string of the molecule is COc1ccc(NC(=O)C2=CNCCC2)cc1. The highest BCUT2D eigenvalue weighted by atomic mass is 16.5. The highest BCUT2D eigenvalue weighted by Gasteiger charge is 2.12. The molecule has 2 rings (SSSR count). The largest absolute Gasteiger partial charge is 0.497 e. The molecule has 0 spiro atoms. The first-order valence-corrected chi connectivity index (χ1v) is 5.67. The third kappa shape index (κ3) is 3.00. The van der Waals surface area contributed by atoms with Gasteiger partial charge in [0.25, 0.3) is 5.91 Å². The fourth-order valence-corrected chi connectivity index (χ4v) is 1.71. The van der Waals surface area contributed by atoms with Crippen LogP contribution < -0.4 is 15.4 Å². The van der Waals surface area contributed by atoms with E-state index in [1.165, 1.54) is 0 Å². The molecule has 4 heteroatoms. The van der Waals surface area contributed by atoms with E-state index >= 15 is 0 Å². The second kappa shape index (κ2) is 5.39. The minimum atomic E-state index is -0.0395. The summed E-state index contributed by atoms with van der Waals surface area (Å²) in [6.45, 7) is 0.944. The van der Waals surface area contributed by atoms with Gasteiger partial charge in [-0.25, -0.2) is 0 Å². The van der Waals surface area contributed by atoms with Gasteiger partial charge >= 0.3 is 0 Å². The summed E-state index contributed by atoms with van der Waals surface area (Å²) < 4.78 is 5.06. The average molecular weight is 232 g/mol. The van der Waals surface area contributed by atoms with E-state index < -0.39 is 0 Å². The number of amides is 1. The third-order valence-electron chi connectivity index (χ3n) is 2.68. The van der Waals surface area contributed by atoms with Crippen LogP contribution in [0.4, 0.5) is 5.69 Å². The zero-order valence-corrected chi connectivity index (χ0v) is 9.82. The molecule has 2 N–H and O–H groups in total. The van der Waals surface area contributed by atoms with Crippen LogP contribution in [0.15, 0.2) is 36.0 Å². The minimum Gasteiger partial charge on any atom is -0.497 e. The zero-order chi connectivity index (χ0) is 12.1. The number of carbonyl (C=O) groups excluding carboxylic acids is 1. The minimum absolute atomic E-state index is 0.0395. The standard InChI is InChI=1S/C13H16N2O2/c1-17-12-6-4-11(5-7-12)15-13(16)10-3-2-8-14-9-10/h4-7,9,14H,2-3,8H2,1H3,(H,15,16). The van der Waals surface area contributed by atoms with Gasteiger partial charge in [0.05, 0.1) is 7.11 Å². The highest BCUT2D eigenvalue weighted by Crippen LogP contribution is 2.17. The first-order valence-electron chi connectivity index (χ1n) is 5.67. The second-order valence-electron chi connectivity index (χ2n) is 3.91. The van der Waals surface area contributed by atoms with Crippen LogP contribution in [-0.4, -0.2) is 19.6 Å². The molecule has 0 saturated heterocycles. The monoisotopic (exact) mass is 232 g/mol. The van der Waals surface area contributed by atoms with Crippen LogP contribution in [0.5, 0.6) is 5.75 Å². The topological polar surface area (TPSA) is 50.4 Å². The van der Waals surface area contributed by atoms with Crippen molar-refractivity contribution in [3.8, 4) is 5.75 Å². The molecule has 0 fully saturated rings. The Bertz CT molecular complexity index is 424. The second-order valence-corrected chi connectivity index (χ2v) is 3.91. The lowest BCUT2D eigenvalue weighted by Gasteiger charge is -2.14. The summed E-state index contributed by atoms with van der Waals surface area (Å²) >= 11 is 0. The Morgan fingerprint density at radius 2 is 2.12 bits per heavy atom. The number of hydrogen-bond donors (Lipinski definition) is 2. The lowest BCUT2D eigenvalue weighted by Crippen LogP contribution is -2.22. The number of benzene rings is 1. The molecular formula is C13H16N2O2. The Morgan fingerprint density at radius 3 is 2.71 bits per heavy atom. The molecule has 0 atom stereocenters. The van der Waals surface area contributed by atoms with Gasteiger partial charge in [0.15, 0.2) is 0 Å². The van der Waals surface area contributed by atoms with Crippen molar-refractivity contribution in [3.05, 3.63) is 36.0 Å². The van der Waals surface area contributed by atoms with Crippen molar-refractivity contribution < 1.29 is 9.53 Å². The summed E-state index contributed by atoms with van der Waals surface area (Å²) in [6, 6.07) is 7.30. The van der Waals surface area contributed by atoms with Gasteiger partial charge in [-0.05, 0) is 37.1 Å². The van der Waals surface area contributed by atoms with Crippen molar-refractivity contribution in [2.45, 2.75) is 12.8 Å². The van der Waals surface area contributed by atoms with Crippen LogP contribution in [0.2, 0.25) is 0 Å². The van der Waals surface area contributed by atoms with E-state index in [4.69, 9.17) is 4.74 Å². The molecule has 1 aromatic rings. The molecule has 1 amide bonds. The van der Waals surface area contributed by atoms with Crippen LogP contribution in [-0.2, 0) is 4.79 Å². The molecule has 0 saturated carbocycles. The maximum Gasteiger partial charge on any atom is 0.253 e. The van der Waals surface area contributed by atoms with Crippen molar-refractivity contribution in [2.24, 2.45) is 0 Å². The first-order chi connectivity index (χ1) is 8.29. The Balaban J connectivity index is 1.99. The molecule has 0 aliphatic carbocycles. The van der Waals surface area contributed by atoms with E-state index in [1.807, 2.05) is 24.3 Å². The van der Waals surface area contributed by atoms with Crippen molar-refractivity contribution >= 4 is 11.6 Å².